The summed E-state index contributed by atoms with van der Waals surface area (Å²) in [6.07, 6.45) is 5.48. The average Bonchev–Trinajstić information content (AvgIpc) is 1.51. The maximum Gasteiger partial charge on any atom is 0.255 e. The molecule has 7 aromatic carbocycles. The van der Waals surface area contributed by atoms with E-state index in [4.69, 9.17) is 37.1 Å². The second-order valence-electron chi connectivity index (χ2n) is 21.2. The lowest BCUT2D eigenvalue weighted by atomic mass is 10.0. The molecular formula is C70H93N13O11S. The van der Waals surface area contributed by atoms with Crippen molar-refractivity contribution in [3.8, 4) is 17.2 Å². The molecule has 0 aliphatic rings. The number of primary amides is 1. The Kier molecular flexibility index (Phi) is 35.3. The highest BCUT2D eigenvalue weighted by Crippen LogP contribution is 2.30. The third-order valence-corrected chi connectivity index (χ3v) is 15.3. The Morgan fingerprint density at radius 1 is 0.505 bits per heavy atom. The quantitative estimate of drug-likeness (QED) is 0.0268. The summed E-state index contributed by atoms with van der Waals surface area (Å²) in [5.41, 5.74) is 28.6. The maximum absolute atomic E-state index is 12.8. The largest absolute Gasteiger partial charge is 0.493 e. The van der Waals surface area contributed by atoms with Crippen molar-refractivity contribution in [3.63, 3.8) is 0 Å². The summed E-state index contributed by atoms with van der Waals surface area (Å²) in [7, 11) is 9.79. The Hall–Kier alpha value is -9.76. The smallest absolute Gasteiger partial charge is 0.255 e. The monoisotopic (exact) mass is 1320 g/mol. The molecule has 8 rings (SSSR count). The van der Waals surface area contributed by atoms with Gasteiger partial charge in [0, 0.05) is 39.4 Å². The van der Waals surface area contributed by atoms with Crippen molar-refractivity contribution >= 4 is 101 Å². The van der Waals surface area contributed by atoms with E-state index in [9.17, 15) is 38.4 Å². The fourth-order valence-electron chi connectivity index (χ4n) is 9.16. The van der Waals surface area contributed by atoms with E-state index in [2.05, 4.69) is 60.5 Å². The number of carbonyl (C=O) groups excluding carboxylic acids is 8. The van der Waals surface area contributed by atoms with Crippen LogP contribution in [0.1, 0.15) is 75.2 Å². The first-order valence-electron chi connectivity index (χ1n) is 31.2. The molecule has 1 aromatic heterocycles. The molecule has 0 aliphatic heterocycles. The van der Waals surface area contributed by atoms with Crippen molar-refractivity contribution in [1.82, 2.24) is 42.1 Å². The van der Waals surface area contributed by atoms with Crippen LogP contribution < -0.4 is 80.1 Å². The molecule has 8 amide bonds. The molecule has 1 atom stereocenters. The minimum Gasteiger partial charge on any atom is -0.493 e. The summed E-state index contributed by atoms with van der Waals surface area (Å²) >= 11 is 1.66. The van der Waals surface area contributed by atoms with Gasteiger partial charge in [-0.25, -0.2) is 0 Å². The first kappa shape index (κ1) is 77.7. The first-order valence-corrected chi connectivity index (χ1v) is 32.1. The number of amides is 8. The predicted octanol–water partition coefficient (Wildman–Crippen LogP) is 4.85. The SMILES string of the molecule is CN.CN(CCCCOc1cc2ccccc2cc1C(=O)NCC(N)=O)C(=O)C(N)Cc1csc2ccccc12.CNC(=O)CN.CNC(=O)CNC(=O)c1cc2ccccc2cc1OCCCCN.CNCCCCOc1cc2ccccc2cc1C(=O)NCC(=O)NC. The number of nitrogens with two attached hydrogens (primary N) is 5. The highest BCUT2D eigenvalue weighted by atomic mass is 32.1. The molecule has 0 saturated heterocycles. The number of hydrogen-bond donors (Lipinski definition) is 12. The van der Waals surface area contributed by atoms with Crippen LogP contribution in [0.3, 0.4) is 0 Å². The molecule has 1 unspecified atom stereocenters. The van der Waals surface area contributed by atoms with Crippen LogP contribution in [-0.4, -0.2) is 166 Å². The van der Waals surface area contributed by atoms with Gasteiger partial charge in [0.1, 0.15) is 17.2 Å². The van der Waals surface area contributed by atoms with E-state index < -0.39 is 17.9 Å². The van der Waals surface area contributed by atoms with E-state index in [0.717, 1.165) is 75.5 Å². The molecule has 95 heavy (non-hydrogen) atoms. The van der Waals surface area contributed by atoms with Gasteiger partial charge in [-0.2, -0.15) is 0 Å². The lowest BCUT2D eigenvalue weighted by Crippen LogP contribution is -2.43. The van der Waals surface area contributed by atoms with Crippen molar-refractivity contribution in [3.05, 3.63) is 161 Å². The van der Waals surface area contributed by atoms with Crippen LogP contribution in [-0.2, 0) is 30.4 Å². The highest BCUT2D eigenvalue weighted by molar-refractivity contribution is 7.17. The Bertz CT molecular complexity index is 3770. The third kappa shape index (κ3) is 26.3. The Morgan fingerprint density at radius 3 is 1.28 bits per heavy atom. The van der Waals surface area contributed by atoms with Gasteiger partial charge in [-0.3, -0.25) is 38.4 Å². The Balaban J connectivity index is 0.000000296. The van der Waals surface area contributed by atoms with E-state index in [1.165, 1.54) is 25.8 Å². The lowest BCUT2D eigenvalue weighted by molar-refractivity contribution is -0.131. The summed E-state index contributed by atoms with van der Waals surface area (Å²) in [4.78, 5) is 95.8. The number of rotatable bonds is 30. The zero-order chi connectivity index (χ0) is 69.5. The fraction of sp³-hybridized carbons (Fsp3) is 0.343. The van der Waals surface area contributed by atoms with Crippen LogP contribution in [0.25, 0.3) is 42.4 Å². The van der Waals surface area contributed by atoms with Gasteiger partial charge in [-0.1, -0.05) is 91.0 Å². The number of ether oxygens (including phenoxy) is 3. The molecule has 0 saturated carbocycles. The van der Waals surface area contributed by atoms with Crippen molar-refractivity contribution in [1.29, 1.82) is 0 Å². The number of hydrogen-bond acceptors (Lipinski definition) is 17. The number of nitrogens with one attached hydrogen (secondary N) is 7. The number of nitrogens with zero attached hydrogens (tertiary/aromatic N) is 1. The van der Waals surface area contributed by atoms with E-state index in [1.54, 1.807) is 48.5 Å². The second kappa shape index (κ2) is 43.2. The maximum atomic E-state index is 12.8. The number of unbranched alkanes of at least 4 members (excludes halogenated alkanes) is 3. The summed E-state index contributed by atoms with van der Waals surface area (Å²) in [5.74, 6) is -0.945. The van der Waals surface area contributed by atoms with Gasteiger partial charge in [-0.05, 0) is 163 Å². The molecule has 8 aromatic rings. The average molecular weight is 1320 g/mol. The second-order valence-corrected chi connectivity index (χ2v) is 22.1. The van der Waals surface area contributed by atoms with Crippen LogP contribution >= 0.6 is 11.3 Å². The number of thiophene rings is 1. The van der Waals surface area contributed by atoms with E-state index in [0.29, 0.717) is 86.1 Å². The molecule has 0 aliphatic carbocycles. The number of carbonyl (C=O) groups is 8. The number of likely N-dealkylation sites (N-methyl/N-ethyl adjacent to an activating group) is 4. The molecule has 1 heterocycles. The number of fused-ring (bicyclic) bond motifs is 4. The minimum atomic E-state index is -0.622. The Morgan fingerprint density at radius 2 is 0.895 bits per heavy atom. The summed E-state index contributed by atoms with van der Waals surface area (Å²) in [5, 5.41) is 27.1. The molecule has 0 fully saturated rings. The molecule has 0 spiro atoms. The van der Waals surface area contributed by atoms with Crippen molar-refractivity contribution < 1.29 is 52.6 Å². The van der Waals surface area contributed by atoms with Crippen molar-refractivity contribution in [2.24, 2.45) is 28.7 Å². The van der Waals surface area contributed by atoms with Gasteiger partial charge in [0.25, 0.3) is 17.7 Å². The van der Waals surface area contributed by atoms with Crippen LogP contribution in [0, 0.1) is 0 Å². The summed E-state index contributed by atoms with van der Waals surface area (Å²) in [6, 6.07) is 41.6. The van der Waals surface area contributed by atoms with Gasteiger partial charge >= 0.3 is 0 Å². The van der Waals surface area contributed by atoms with Gasteiger partial charge in [-0.15, -0.1) is 11.3 Å². The van der Waals surface area contributed by atoms with Crippen molar-refractivity contribution in [2.45, 2.75) is 51.0 Å². The van der Waals surface area contributed by atoms with Crippen LogP contribution in [0.2, 0.25) is 0 Å². The lowest BCUT2D eigenvalue weighted by Gasteiger charge is -2.21. The Labute approximate surface area is 559 Å². The van der Waals surface area contributed by atoms with E-state index >= 15 is 0 Å². The highest BCUT2D eigenvalue weighted by Gasteiger charge is 2.22. The third-order valence-electron chi connectivity index (χ3n) is 14.3. The molecule has 25 heteroatoms. The fourth-order valence-corrected chi connectivity index (χ4v) is 10.1. The van der Waals surface area contributed by atoms with Gasteiger partial charge in [0.15, 0.2) is 0 Å². The zero-order valence-corrected chi connectivity index (χ0v) is 55.9. The molecule has 0 bridgehead atoms. The molecule has 510 valence electrons. The van der Waals surface area contributed by atoms with E-state index in [-0.39, 0.29) is 61.6 Å². The van der Waals surface area contributed by atoms with Gasteiger partial charge in [0.05, 0.1) is 68.7 Å². The summed E-state index contributed by atoms with van der Waals surface area (Å²) in [6.45, 7) is 3.17. The van der Waals surface area contributed by atoms with E-state index in [1.807, 2.05) is 110 Å². The normalized spacial score (nSPS) is 10.7. The van der Waals surface area contributed by atoms with Gasteiger partial charge < -0.3 is 85.0 Å². The standard InChI is InChI=1S/C29H32N4O4S.C19H25N3O3.C18H23N3O3.C3H8N2O.CH5N/c1-33(29(36)24(30)15-21-18-38-26-11-5-4-10-22(21)26)12-6-7-13-37-25-16-20-9-3-2-8-19(20)14-23(25)28(35)32-17-27(31)34;1-20-9-5-6-10-25-17-12-15-8-4-3-7-14(15)11-16(17)19(24)22-13-18(23)21-2;1-20-17(22)12-21-18(23)15-10-13-6-2-3-7-14(13)11-16(15)24-9-5-4-8-19;1-5-3(6)2-4;1-2/h2-5,8-11,14,16,18,24H,6-7,12-13,15,17,30H2,1H3,(H2,31,34)(H,32,35);3-4,7-8,11-12,20H,5-6,9-10,13H2,1-2H3,(H,21,23)(H,22,24);2-3,6-7,10-11H,4-5,8-9,12,19H2,1H3,(H,20,22)(H,21,23);2,4H2,1H3,(H,5,6);2H2,1H3. The number of benzene rings is 7. The molecule has 17 N–H and O–H groups in total. The topological polar surface area (TPSA) is 382 Å². The first-order chi connectivity index (χ1) is 45.9. The van der Waals surface area contributed by atoms with Crippen LogP contribution in [0.15, 0.2) is 139 Å². The van der Waals surface area contributed by atoms with Crippen LogP contribution in [0.5, 0.6) is 17.2 Å². The molecular weight excluding hydrogens is 1230 g/mol. The zero-order valence-electron chi connectivity index (χ0n) is 55.1. The molecule has 0 radical (unpaired) electrons. The van der Waals surface area contributed by atoms with Crippen molar-refractivity contribution in [2.75, 3.05) is 108 Å². The summed E-state index contributed by atoms with van der Waals surface area (Å²) < 4.78 is 18.8. The van der Waals surface area contributed by atoms with Gasteiger partial charge in [0.2, 0.25) is 29.5 Å². The molecule has 24 nitrogen and oxygen atoms in total. The van der Waals surface area contributed by atoms with Crippen LogP contribution in [0.4, 0.5) is 0 Å². The predicted molar refractivity (Wildman–Crippen MR) is 378 cm³/mol. The minimum absolute atomic E-state index is 0.0657.